The molecule has 1 aliphatic rings. The fourth-order valence-corrected chi connectivity index (χ4v) is 5.18. The van der Waals surface area contributed by atoms with Gasteiger partial charge in [0, 0.05) is 38.0 Å². The maximum Gasteiger partial charge on any atom is 0.204 e. The van der Waals surface area contributed by atoms with E-state index in [0.717, 1.165) is 20.0 Å². The van der Waals surface area contributed by atoms with Gasteiger partial charge in [0.2, 0.25) is 5.43 Å². The van der Waals surface area contributed by atoms with E-state index in [1.807, 2.05) is 0 Å². The van der Waals surface area contributed by atoms with Crippen molar-refractivity contribution in [3.05, 3.63) is 58.2 Å². The first kappa shape index (κ1) is 40.1. The Hall–Kier alpha value is -3.97. The lowest BCUT2D eigenvalue weighted by Crippen LogP contribution is -2.27. The maximum atomic E-state index is 13.1. The zero-order valence-electron chi connectivity index (χ0n) is 27.5. The number of fused-ring (bicyclic) bond motifs is 2. The van der Waals surface area contributed by atoms with Crippen molar-refractivity contribution < 1.29 is 54.7 Å². The Bertz CT molecular complexity index is 1480. The van der Waals surface area contributed by atoms with E-state index in [0.29, 0.717) is 37.5 Å². The van der Waals surface area contributed by atoms with E-state index < -0.39 is 23.2 Å². The molecule has 0 bridgehead atoms. The second-order valence-corrected chi connectivity index (χ2v) is 10.8. The van der Waals surface area contributed by atoms with Crippen molar-refractivity contribution in [3.63, 3.8) is 0 Å². The number of hydrogen-bond donors (Lipinski definition) is 8. The SMILES string of the molecule is C=C(OC)/C(O)=C\C.CCC(CC)CO.CO.COc1cc2c(=O)c3c(O)c(C4CC(O)CC(CO)C4)c(O)cc3oc2cc1O. The molecule has 0 radical (unpaired) electrons. The third kappa shape index (κ3) is 10.0. The lowest BCUT2D eigenvalue weighted by molar-refractivity contribution is 0.0642. The van der Waals surface area contributed by atoms with Gasteiger partial charge in [-0.1, -0.05) is 33.3 Å². The van der Waals surface area contributed by atoms with Crippen LogP contribution < -0.4 is 10.2 Å². The molecule has 1 heterocycles. The number of aliphatic hydroxyl groups excluding tert-OH is 5. The smallest absolute Gasteiger partial charge is 0.204 e. The summed E-state index contributed by atoms with van der Waals surface area (Å²) < 4.78 is 15.3. The average molecular weight is 651 g/mol. The van der Waals surface area contributed by atoms with E-state index in [4.69, 9.17) is 24.5 Å². The minimum Gasteiger partial charge on any atom is -0.507 e. The van der Waals surface area contributed by atoms with Crippen molar-refractivity contribution in [2.45, 2.75) is 64.9 Å². The van der Waals surface area contributed by atoms with Gasteiger partial charge in [-0.2, -0.15) is 0 Å². The highest BCUT2D eigenvalue weighted by molar-refractivity contribution is 5.96. The Labute approximate surface area is 269 Å². The number of benzene rings is 2. The summed E-state index contributed by atoms with van der Waals surface area (Å²) in [6, 6.07) is 3.82. The summed E-state index contributed by atoms with van der Waals surface area (Å²) in [6.07, 6.45) is 4.25. The molecular formula is C34H50O12. The highest BCUT2D eigenvalue weighted by Gasteiger charge is 2.33. The van der Waals surface area contributed by atoms with E-state index in [9.17, 15) is 30.3 Å². The van der Waals surface area contributed by atoms with Crippen molar-refractivity contribution in [1.82, 2.24) is 0 Å². The molecule has 0 spiro atoms. The molecule has 3 unspecified atom stereocenters. The number of ether oxygens (including phenoxy) is 2. The monoisotopic (exact) mass is 650 g/mol. The van der Waals surface area contributed by atoms with Gasteiger partial charge < -0.3 is 54.7 Å². The first-order valence-electron chi connectivity index (χ1n) is 15.1. The molecule has 2 aromatic carbocycles. The Morgan fingerprint density at radius 2 is 1.63 bits per heavy atom. The van der Waals surface area contributed by atoms with Gasteiger partial charge in [0.05, 0.1) is 25.7 Å². The number of hydrogen-bond acceptors (Lipinski definition) is 12. The molecule has 3 atom stereocenters. The number of aliphatic hydroxyl groups is 5. The average Bonchev–Trinajstić information content (AvgIpc) is 3.05. The lowest BCUT2D eigenvalue weighted by atomic mass is 9.76. The van der Waals surface area contributed by atoms with Crippen LogP contribution in [0.3, 0.4) is 0 Å². The van der Waals surface area contributed by atoms with Crippen molar-refractivity contribution in [3.8, 4) is 23.0 Å². The summed E-state index contributed by atoms with van der Waals surface area (Å²) in [5.41, 5.74) is -0.317. The molecule has 8 N–H and O–H groups in total. The van der Waals surface area contributed by atoms with Crippen LogP contribution >= 0.6 is 0 Å². The van der Waals surface area contributed by atoms with Crippen LogP contribution in [0, 0.1) is 11.8 Å². The number of phenols is 3. The number of allylic oxidation sites excluding steroid dienone is 1. The fourth-order valence-electron chi connectivity index (χ4n) is 5.18. The third-order valence-corrected chi connectivity index (χ3v) is 7.92. The molecule has 0 aliphatic heterocycles. The zero-order chi connectivity index (χ0) is 35.1. The van der Waals surface area contributed by atoms with Crippen LogP contribution in [-0.4, -0.2) is 81.5 Å². The largest absolute Gasteiger partial charge is 0.507 e. The van der Waals surface area contributed by atoms with Crippen LogP contribution in [0.25, 0.3) is 21.9 Å². The van der Waals surface area contributed by atoms with Crippen molar-refractivity contribution >= 4 is 21.9 Å². The molecule has 4 rings (SSSR count). The van der Waals surface area contributed by atoms with Crippen LogP contribution in [0.2, 0.25) is 0 Å². The van der Waals surface area contributed by atoms with Gasteiger partial charge in [0.15, 0.2) is 23.0 Å². The molecule has 1 aliphatic carbocycles. The van der Waals surface area contributed by atoms with Crippen LogP contribution in [0.5, 0.6) is 23.0 Å². The molecule has 258 valence electrons. The van der Waals surface area contributed by atoms with Crippen LogP contribution in [0.1, 0.15) is 64.4 Å². The Kier molecular flexibility index (Phi) is 17.0. The van der Waals surface area contributed by atoms with Gasteiger partial charge in [0.25, 0.3) is 0 Å². The van der Waals surface area contributed by atoms with Gasteiger partial charge in [-0.3, -0.25) is 4.79 Å². The molecule has 12 heteroatoms. The van der Waals surface area contributed by atoms with E-state index in [1.54, 1.807) is 6.92 Å². The molecule has 1 aromatic heterocycles. The fraction of sp³-hybridized carbons (Fsp3) is 0.500. The molecule has 12 nitrogen and oxygen atoms in total. The minimum absolute atomic E-state index is 0.0270. The summed E-state index contributed by atoms with van der Waals surface area (Å²) in [4.78, 5) is 13.1. The molecular weight excluding hydrogens is 600 g/mol. The van der Waals surface area contributed by atoms with Gasteiger partial charge in [-0.15, -0.1) is 0 Å². The van der Waals surface area contributed by atoms with Crippen molar-refractivity contribution in [2.24, 2.45) is 11.8 Å². The van der Waals surface area contributed by atoms with Gasteiger partial charge in [-0.05, 0) is 56.1 Å². The molecule has 1 saturated carbocycles. The van der Waals surface area contributed by atoms with E-state index in [1.165, 1.54) is 38.5 Å². The Morgan fingerprint density at radius 1 is 1.02 bits per heavy atom. The van der Waals surface area contributed by atoms with Crippen LogP contribution in [0.15, 0.2) is 51.6 Å². The number of methoxy groups -OCH3 is 2. The lowest BCUT2D eigenvalue weighted by Gasteiger charge is -2.32. The normalized spacial score (nSPS) is 17.6. The highest BCUT2D eigenvalue weighted by atomic mass is 16.5. The Morgan fingerprint density at radius 3 is 2.09 bits per heavy atom. The number of phenolic OH excluding ortho intramolecular Hbond substituents is 3. The van der Waals surface area contributed by atoms with E-state index >= 15 is 0 Å². The number of aromatic hydroxyl groups is 3. The van der Waals surface area contributed by atoms with Gasteiger partial charge in [-0.25, -0.2) is 0 Å². The number of rotatable bonds is 8. The molecule has 1 fully saturated rings. The van der Waals surface area contributed by atoms with Crippen LogP contribution in [0.4, 0.5) is 0 Å². The summed E-state index contributed by atoms with van der Waals surface area (Å²) >= 11 is 0. The van der Waals surface area contributed by atoms with Crippen molar-refractivity contribution in [2.75, 3.05) is 34.5 Å². The molecule has 0 saturated heterocycles. The molecule has 46 heavy (non-hydrogen) atoms. The third-order valence-electron chi connectivity index (χ3n) is 7.92. The quantitative estimate of drug-likeness (QED) is 0.0926. The Balaban J connectivity index is 0.000000516. The first-order chi connectivity index (χ1) is 21.9. The van der Waals surface area contributed by atoms with Gasteiger partial charge in [0.1, 0.15) is 28.1 Å². The maximum absolute atomic E-state index is 13.1. The second-order valence-electron chi connectivity index (χ2n) is 10.8. The second kappa shape index (κ2) is 19.5. The van der Waals surface area contributed by atoms with Gasteiger partial charge >= 0.3 is 0 Å². The summed E-state index contributed by atoms with van der Waals surface area (Å²) in [5, 5.41) is 75.3. The predicted octanol–water partition coefficient (Wildman–Crippen LogP) is 4.94. The minimum atomic E-state index is -0.680. The topological polar surface area (TPSA) is 211 Å². The summed E-state index contributed by atoms with van der Waals surface area (Å²) in [7, 11) is 3.81. The summed E-state index contributed by atoms with van der Waals surface area (Å²) in [5.74, 6) is -0.449. The zero-order valence-corrected chi connectivity index (χ0v) is 27.5. The van der Waals surface area contributed by atoms with E-state index in [2.05, 4.69) is 25.2 Å². The van der Waals surface area contributed by atoms with Crippen molar-refractivity contribution in [1.29, 1.82) is 0 Å². The molecule has 0 amide bonds. The summed E-state index contributed by atoms with van der Waals surface area (Å²) in [6.45, 7) is 9.56. The standard InChI is InChI=1S/C21H22O8.C6H10O2.C6H14O.CH4O/c1-28-16-5-12-15(6-13(16)24)29-17-7-14(25)18(21(27)19(17)20(12)26)10-2-9(8-22)3-11(23)4-10;1-4-6(7)5(2)8-3;1-3-6(4-2)5-7;1-2/h5-7,9-11,22-25,27H,2-4,8H2,1H3;4,7H,2H2,1,3H3;6-7H,3-5H2,1-2H3;2H,1H3/b;6-4+;;. The van der Waals surface area contributed by atoms with Crippen LogP contribution in [-0.2, 0) is 4.74 Å². The molecule has 3 aromatic rings. The predicted molar refractivity (Wildman–Crippen MR) is 177 cm³/mol. The van der Waals surface area contributed by atoms with E-state index in [-0.39, 0.29) is 63.0 Å². The highest BCUT2D eigenvalue weighted by Crippen LogP contribution is 2.46. The first-order valence-corrected chi connectivity index (χ1v) is 15.1.